The first kappa shape index (κ1) is 10.8. The fraction of sp³-hybridized carbons (Fsp3) is 0.583. The van der Waals surface area contributed by atoms with Gasteiger partial charge < -0.3 is 0 Å². The summed E-state index contributed by atoms with van der Waals surface area (Å²) in [5.41, 5.74) is 1.54. The highest BCUT2D eigenvalue weighted by Gasteiger charge is 2.21. The summed E-state index contributed by atoms with van der Waals surface area (Å²) in [5, 5.41) is 1.61. The van der Waals surface area contributed by atoms with Gasteiger partial charge in [-0.25, -0.2) is 0 Å². The molecule has 0 unspecified atom stereocenters. The zero-order chi connectivity index (χ0) is 9.90. The Kier molecular flexibility index (Phi) is 3.54. The first-order valence-electron chi connectivity index (χ1n) is 5.30. The molecule has 0 aromatic carbocycles. The summed E-state index contributed by atoms with van der Waals surface area (Å²) < 4.78 is 0. The lowest BCUT2D eigenvalue weighted by Gasteiger charge is -2.16. The van der Waals surface area contributed by atoms with E-state index in [0.717, 1.165) is 0 Å². The summed E-state index contributed by atoms with van der Waals surface area (Å²) in [7, 11) is -1.05. The topological polar surface area (TPSA) is 0 Å². The fourth-order valence-corrected chi connectivity index (χ4v) is 2.70. The van der Waals surface area contributed by atoms with Gasteiger partial charge in [0.05, 0.1) is 8.07 Å². The van der Waals surface area contributed by atoms with Crippen LogP contribution in [0.5, 0.6) is 0 Å². The van der Waals surface area contributed by atoms with Gasteiger partial charge in [-0.3, -0.25) is 0 Å². The van der Waals surface area contributed by atoms with Crippen molar-refractivity contribution in [3.8, 4) is 0 Å². The number of rotatable bonds is 4. The Morgan fingerprint density at radius 3 is 2.38 bits per heavy atom. The molecule has 0 aromatic rings. The number of hydrogen-bond donors (Lipinski definition) is 0. The van der Waals surface area contributed by atoms with Crippen LogP contribution in [0.1, 0.15) is 26.2 Å². The molecule has 1 rings (SSSR count). The van der Waals surface area contributed by atoms with Crippen molar-refractivity contribution in [2.24, 2.45) is 0 Å². The minimum absolute atomic E-state index is 1.05. The quantitative estimate of drug-likeness (QED) is 0.589. The van der Waals surface area contributed by atoms with Crippen molar-refractivity contribution in [1.82, 2.24) is 0 Å². The van der Waals surface area contributed by atoms with Crippen LogP contribution in [0.15, 0.2) is 22.9 Å². The molecule has 0 spiro atoms. The molecule has 0 bridgehead atoms. The highest BCUT2D eigenvalue weighted by molar-refractivity contribution is 6.83. The molecule has 1 radical (unpaired) electrons. The average Bonchev–Trinajstić information content (AvgIpc) is 2.47. The van der Waals surface area contributed by atoms with Gasteiger partial charge in [0.1, 0.15) is 0 Å². The van der Waals surface area contributed by atoms with Gasteiger partial charge in [0.15, 0.2) is 0 Å². The molecule has 1 aliphatic carbocycles. The number of unbranched alkanes of at least 4 members (excludes halogenated alkanes) is 1. The van der Waals surface area contributed by atoms with Crippen molar-refractivity contribution in [3.63, 3.8) is 0 Å². The van der Waals surface area contributed by atoms with E-state index in [-0.39, 0.29) is 0 Å². The smallest absolute Gasteiger partial charge is 0.0732 e. The Labute approximate surface area is 83.7 Å². The first-order valence-corrected chi connectivity index (χ1v) is 8.80. The van der Waals surface area contributed by atoms with E-state index in [1.165, 1.54) is 19.3 Å². The maximum Gasteiger partial charge on any atom is 0.0732 e. The lowest BCUT2D eigenvalue weighted by molar-refractivity contribution is 0.799. The second-order valence-electron chi connectivity index (χ2n) is 4.86. The third kappa shape index (κ3) is 3.15. The maximum absolute atomic E-state index is 2.42. The van der Waals surface area contributed by atoms with Crippen LogP contribution in [0.3, 0.4) is 0 Å². The van der Waals surface area contributed by atoms with Gasteiger partial charge in [-0.15, -0.1) is 0 Å². The van der Waals surface area contributed by atoms with E-state index < -0.39 is 8.07 Å². The summed E-state index contributed by atoms with van der Waals surface area (Å²) in [6.07, 6.45) is 11.0. The molecule has 0 saturated carbocycles. The van der Waals surface area contributed by atoms with Crippen molar-refractivity contribution in [1.29, 1.82) is 0 Å². The van der Waals surface area contributed by atoms with Crippen molar-refractivity contribution in [2.75, 3.05) is 0 Å². The summed E-state index contributed by atoms with van der Waals surface area (Å²) in [6.45, 7) is 9.48. The molecule has 73 valence electrons. The van der Waals surface area contributed by atoms with Crippen LogP contribution in [0.25, 0.3) is 0 Å². The molecular weight excluding hydrogens is 172 g/mol. The van der Waals surface area contributed by atoms with E-state index in [1.54, 1.807) is 10.8 Å². The summed E-state index contributed by atoms with van der Waals surface area (Å²) >= 11 is 0. The zero-order valence-electron chi connectivity index (χ0n) is 9.35. The molecule has 0 atom stereocenters. The van der Waals surface area contributed by atoms with Gasteiger partial charge >= 0.3 is 0 Å². The monoisotopic (exact) mass is 193 g/mol. The van der Waals surface area contributed by atoms with Crippen LogP contribution in [-0.2, 0) is 0 Å². The molecule has 13 heavy (non-hydrogen) atoms. The maximum atomic E-state index is 2.42. The molecule has 0 N–H and O–H groups in total. The molecule has 0 fully saturated rings. The Morgan fingerprint density at radius 1 is 1.23 bits per heavy atom. The van der Waals surface area contributed by atoms with Crippen molar-refractivity contribution < 1.29 is 0 Å². The third-order valence-corrected chi connectivity index (χ3v) is 4.55. The minimum Gasteiger partial charge on any atom is -0.0736 e. The largest absolute Gasteiger partial charge is 0.0736 e. The molecule has 0 nitrogen and oxygen atoms in total. The summed E-state index contributed by atoms with van der Waals surface area (Å²) in [4.78, 5) is 0. The Morgan fingerprint density at radius 2 is 1.92 bits per heavy atom. The van der Waals surface area contributed by atoms with E-state index in [1.807, 2.05) is 0 Å². The summed E-state index contributed by atoms with van der Waals surface area (Å²) in [5.74, 6) is 0. The SMILES string of the molecule is CCCCC1=C[CH]C([Si](C)(C)C)=C1. The van der Waals surface area contributed by atoms with Crippen molar-refractivity contribution in [2.45, 2.75) is 45.8 Å². The first-order chi connectivity index (χ1) is 6.04. The van der Waals surface area contributed by atoms with E-state index in [2.05, 4.69) is 45.1 Å². The minimum atomic E-state index is -1.05. The number of allylic oxidation sites excluding steroid dienone is 4. The molecule has 0 aliphatic heterocycles. The van der Waals surface area contributed by atoms with Crippen LogP contribution in [-0.4, -0.2) is 8.07 Å². The molecular formula is C12H21Si. The van der Waals surface area contributed by atoms with Crippen LogP contribution >= 0.6 is 0 Å². The second-order valence-corrected chi connectivity index (χ2v) is 9.94. The summed E-state index contributed by atoms with van der Waals surface area (Å²) in [6, 6.07) is 0. The second kappa shape index (κ2) is 4.27. The normalized spacial score (nSPS) is 17.2. The van der Waals surface area contributed by atoms with Crippen LogP contribution in [0.2, 0.25) is 19.6 Å². The fourth-order valence-electron chi connectivity index (χ4n) is 1.50. The lowest BCUT2D eigenvalue weighted by Crippen LogP contribution is -2.22. The highest BCUT2D eigenvalue weighted by Crippen LogP contribution is 2.27. The van der Waals surface area contributed by atoms with E-state index in [0.29, 0.717) is 0 Å². The predicted octanol–water partition coefficient (Wildman–Crippen LogP) is 4.12. The van der Waals surface area contributed by atoms with Gasteiger partial charge in [0.25, 0.3) is 0 Å². The standard InChI is InChI=1S/C12H21Si/c1-5-6-7-11-8-9-12(10-11)13(2,3)4/h8-10H,5-7H2,1-4H3. The highest BCUT2D eigenvalue weighted by atomic mass is 28.3. The van der Waals surface area contributed by atoms with Gasteiger partial charge in [-0.05, 0) is 12.8 Å². The molecule has 1 heteroatoms. The van der Waals surface area contributed by atoms with E-state index in [4.69, 9.17) is 0 Å². The molecule has 0 aromatic heterocycles. The predicted molar refractivity (Wildman–Crippen MR) is 63.3 cm³/mol. The van der Waals surface area contributed by atoms with Crippen molar-refractivity contribution in [3.05, 3.63) is 29.3 Å². The van der Waals surface area contributed by atoms with Crippen molar-refractivity contribution >= 4 is 8.07 Å². The third-order valence-electron chi connectivity index (χ3n) is 2.50. The van der Waals surface area contributed by atoms with Gasteiger partial charge in [0.2, 0.25) is 0 Å². The van der Waals surface area contributed by atoms with Crippen LogP contribution in [0.4, 0.5) is 0 Å². The Hall–Kier alpha value is -0.303. The van der Waals surface area contributed by atoms with Crippen LogP contribution < -0.4 is 0 Å². The molecule has 0 heterocycles. The van der Waals surface area contributed by atoms with Crippen LogP contribution in [0, 0.1) is 6.42 Å². The number of hydrogen-bond acceptors (Lipinski definition) is 0. The molecule has 0 amide bonds. The zero-order valence-corrected chi connectivity index (χ0v) is 10.4. The Balaban J connectivity index is 2.50. The van der Waals surface area contributed by atoms with Gasteiger partial charge in [-0.2, -0.15) is 0 Å². The lowest BCUT2D eigenvalue weighted by atomic mass is 10.1. The van der Waals surface area contributed by atoms with E-state index in [9.17, 15) is 0 Å². The molecule has 1 aliphatic rings. The Bertz CT molecular complexity index is 228. The van der Waals surface area contributed by atoms with Gasteiger partial charge in [0, 0.05) is 6.42 Å². The van der Waals surface area contributed by atoms with E-state index >= 15 is 0 Å². The average molecular weight is 193 g/mol. The van der Waals surface area contributed by atoms with Gasteiger partial charge in [-0.1, -0.05) is 55.9 Å². The molecule has 0 saturated heterocycles.